The number of benzene rings is 2. The summed E-state index contributed by atoms with van der Waals surface area (Å²) in [6, 6.07) is 15.1. The molecule has 0 bridgehead atoms. The van der Waals surface area contributed by atoms with Gasteiger partial charge >= 0.3 is 6.03 Å². The Hall–Kier alpha value is -3.68. The molecule has 2 aromatic carbocycles. The lowest BCUT2D eigenvalue weighted by Gasteiger charge is -2.22. The molecule has 1 saturated heterocycles. The molecule has 0 saturated carbocycles. The molecule has 0 spiro atoms. The fourth-order valence-electron chi connectivity index (χ4n) is 3.91. The zero-order valence-electron chi connectivity index (χ0n) is 18.2. The van der Waals surface area contributed by atoms with E-state index in [2.05, 4.69) is 34.4 Å². The maximum atomic E-state index is 12.8. The van der Waals surface area contributed by atoms with E-state index >= 15 is 0 Å². The summed E-state index contributed by atoms with van der Waals surface area (Å²) in [4.78, 5) is 46.9. The molecule has 1 fully saturated rings. The second kappa shape index (κ2) is 9.21. The summed E-state index contributed by atoms with van der Waals surface area (Å²) in [5, 5.41) is 5.75. The van der Waals surface area contributed by atoms with Crippen molar-refractivity contribution in [2.24, 2.45) is 5.92 Å². The number of hydrogen-bond donors (Lipinski definition) is 3. The van der Waals surface area contributed by atoms with Crippen molar-refractivity contribution in [1.29, 1.82) is 0 Å². The monoisotopic (exact) mass is 433 g/mol. The molecule has 166 valence electrons. The van der Waals surface area contributed by atoms with Crippen molar-refractivity contribution in [2.45, 2.75) is 45.2 Å². The van der Waals surface area contributed by atoms with Gasteiger partial charge in [-0.25, -0.2) is 14.7 Å². The highest BCUT2D eigenvalue weighted by atomic mass is 16.2. The van der Waals surface area contributed by atoms with Gasteiger partial charge in [-0.1, -0.05) is 50.6 Å². The Balaban J connectivity index is 1.40. The molecule has 1 aliphatic heterocycles. The molecule has 1 aromatic heterocycles. The third kappa shape index (κ3) is 4.34. The smallest absolute Gasteiger partial charge is 0.329 e. The average molecular weight is 434 g/mol. The highest BCUT2D eigenvalue weighted by Crippen LogP contribution is 2.25. The number of imide groups is 1. The van der Waals surface area contributed by atoms with E-state index in [0.29, 0.717) is 5.69 Å². The number of carbonyl (C=O) groups excluding carboxylic acids is 3. The van der Waals surface area contributed by atoms with Crippen molar-refractivity contribution in [3.05, 3.63) is 60.4 Å². The molecule has 0 aliphatic carbocycles. The number of carbonyl (C=O) groups is 3. The highest BCUT2D eigenvalue weighted by Gasteiger charge is 2.39. The van der Waals surface area contributed by atoms with Crippen molar-refractivity contribution in [3.63, 3.8) is 0 Å². The van der Waals surface area contributed by atoms with E-state index in [4.69, 9.17) is 0 Å². The largest absolute Gasteiger partial charge is 0.346 e. The Labute approximate surface area is 186 Å². The number of amides is 4. The van der Waals surface area contributed by atoms with Crippen LogP contribution in [0.3, 0.4) is 0 Å². The summed E-state index contributed by atoms with van der Waals surface area (Å²) in [5.74, 6) is 0.357. The second-order valence-corrected chi connectivity index (χ2v) is 8.12. The molecule has 2 heterocycles. The predicted octanol–water partition coefficient (Wildman–Crippen LogP) is 3.67. The Morgan fingerprint density at radius 3 is 2.56 bits per heavy atom. The summed E-state index contributed by atoms with van der Waals surface area (Å²) in [6.45, 7) is 4.13. The lowest BCUT2D eigenvalue weighted by molar-refractivity contribution is -0.122. The number of imidazole rings is 1. The summed E-state index contributed by atoms with van der Waals surface area (Å²) in [6.07, 6.45) is 1.21. The van der Waals surface area contributed by atoms with E-state index in [9.17, 15) is 14.4 Å². The Kier molecular flexibility index (Phi) is 6.20. The van der Waals surface area contributed by atoms with Crippen molar-refractivity contribution >= 4 is 34.6 Å². The number of urea groups is 1. The van der Waals surface area contributed by atoms with Crippen molar-refractivity contribution in [2.75, 3.05) is 4.90 Å². The van der Waals surface area contributed by atoms with E-state index in [0.717, 1.165) is 28.2 Å². The van der Waals surface area contributed by atoms with Gasteiger partial charge in [0.15, 0.2) is 0 Å². The SMILES string of the molecule is CC[C@H](C)[C@@H](NC(=O)CC[C@H]1NC(=O)N(c2ccccc2)C1=O)c1nc2ccccc2[nH]1. The Morgan fingerprint density at radius 1 is 1.12 bits per heavy atom. The van der Waals surface area contributed by atoms with E-state index in [-0.39, 0.29) is 36.6 Å². The van der Waals surface area contributed by atoms with Gasteiger partial charge in [0.1, 0.15) is 11.9 Å². The molecule has 4 rings (SSSR count). The first-order chi connectivity index (χ1) is 15.5. The van der Waals surface area contributed by atoms with Crippen LogP contribution in [0.15, 0.2) is 54.6 Å². The highest BCUT2D eigenvalue weighted by molar-refractivity contribution is 6.21. The summed E-state index contributed by atoms with van der Waals surface area (Å²) >= 11 is 0. The molecule has 0 unspecified atom stereocenters. The number of H-pyrrole nitrogens is 1. The van der Waals surface area contributed by atoms with Crippen molar-refractivity contribution in [3.8, 4) is 0 Å². The molecule has 32 heavy (non-hydrogen) atoms. The minimum absolute atomic E-state index is 0.118. The van der Waals surface area contributed by atoms with Crippen LogP contribution in [0.4, 0.5) is 10.5 Å². The van der Waals surface area contributed by atoms with Crippen LogP contribution in [0.5, 0.6) is 0 Å². The fraction of sp³-hybridized carbons (Fsp3) is 0.333. The van der Waals surface area contributed by atoms with Crippen LogP contribution < -0.4 is 15.5 Å². The van der Waals surface area contributed by atoms with Gasteiger partial charge in [-0.2, -0.15) is 0 Å². The average Bonchev–Trinajstić information content (AvgIpc) is 3.36. The quantitative estimate of drug-likeness (QED) is 0.471. The third-order valence-electron chi connectivity index (χ3n) is 5.93. The number of aromatic nitrogens is 2. The zero-order valence-corrected chi connectivity index (χ0v) is 18.2. The summed E-state index contributed by atoms with van der Waals surface area (Å²) in [5.41, 5.74) is 2.29. The molecule has 8 nitrogen and oxygen atoms in total. The minimum atomic E-state index is -0.721. The van der Waals surface area contributed by atoms with Crippen LogP contribution in [0.2, 0.25) is 0 Å². The number of nitrogens with one attached hydrogen (secondary N) is 3. The number of fused-ring (bicyclic) bond motifs is 1. The van der Waals surface area contributed by atoms with E-state index < -0.39 is 12.1 Å². The van der Waals surface area contributed by atoms with Crippen LogP contribution in [0, 0.1) is 5.92 Å². The molecule has 4 amide bonds. The lowest BCUT2D eigenvalue weighted by atomic mass is 9.98. The third-order valence-corrected chi connectivity index (χ3v) is 5.93. The topological polar surface area (TPSA) is 107 Å². The maximum Gasteiger partial charge on any atom is 0.329 e. The van der Waals surface area contributed by atoms with Crippen molar-refractivity contribution < 1.29 is 14.4 Å². The molecule has 3 N–H and O–H groups in total. The van der Waals surface area contributed by atoms with Gasteiger partial charge in [0.25, 0.3) is 5.91 Å². The standard InChI is InChI=1S/C24H27N5O3/c1-3-15(2)21(22-25-17-11-7-8-12-18(17)26-22)28-20(30)14-13-19-23(31)29(24(32)27-19)16-9-5-4-6-10-16/h4-12,15,19,21H,3,13-14H2,1-2H3,(H,25,26)(H,27,32)(H,28,30)/t15-,19+,21+/m0/s1. The number of para-hydroxylation sites is 3. The molecule has 0 radical (unpaired) electrons. The first kappa shape index (κ1) is 21.5. The van der Waals surface area contributed by atoms with Crippen molar-refractivity contribution in [1.82, 2.24) is 20.6 Å². The Morgan fingerprint density at radius 2 is 1.84 bits per heavy atom. The molecule has 3 aromatic rings. The van der Waals surface area contributed by atoms with Crippen LogP contribution in [-0.4, -0.2) is 33.9 Å². The van der Waals surface area contributed by atoms with E-state index in [1.165, 1.54) is 0 Å². The number of rotatable bonds is 8. The normalized spacial score (nSPS) is 17.9. The minimum Gasteiger partial charge on any atom is -0.346 e. The van der Waals surface area contributed by atoms with Gasteiger partial charge < -0.3 is 15.6 Å². The van der Waals surface area contributed by atoms with Gasteiger partial charge in [-0.3, -0.25) is 9.59 Å². The molecule has 3 atom stereocenters. The van der Waals surface area contributed by atoms with Gasteiger partial charge in [-0.15, -0.1) is 0 Å². The molecular weight excluding hydrogens is 406 g/mol. The first-order valence-electron chi connectivity index (χ1n) is 10.9. The molecular formula is C24H27N5O3. The number of hydrogen-bond acceptors (Lipinski definition) is 4. The van der Waals surface area contributed by atoms with Crippen LogP contribution in [0.25, 0.3) is 11.0 Å². The van der Waals surface area contributed by atoms with Crippen LogP contribution in [0.1, 0.15) is 45.0 Å². The molecule has 8 heteroatoms. The van der Waals surface area contributed by atoms with Crippen LogP contribution in [-0.2, 0) is 9.59 Å². The fourth-order valence-corrected chi connectivity index (χ4v) is 3.91. The predicted molar refractivity (Wildman–Crippen MR) is 122 cm³/mol. The van der Waals surface area contributed by atoms with Crippen LogP contribution >= 0.6 is 0 Å². The van der Waals surface area contributed by atoms with Gasteiger partial charge in [0.05, 0.1) is 22.8 Å². The Bertz CT molecular complexity index is 1090. The molecule has 1 aliphatic rings. The van der Waals surface area contributed by atoms with E-state index in [1.807, 2.05) is 30.3 Å². The van der Waals surface area contributed by atoms with E-state index in [1.54, 1.807) is 24.3 Å². The van der Waals surface area contributed by atoms with Gasteiger partial charge in [-0.05, 0) is 36.6 Å². The number of aromatic amines is 1. The first-order valence-corrected chi connectivity index (χ1v) is 10.9. The summed E-state index contributed by atoms with van der Waals surface area (Å²) < 4.78 is 0. The van der Waals surface area contributed by atoms with Gasteiger partial charge in [0.2, 0.25) is 5.91 Å². The summed E-state index contributed by atoms with van der Waals surface area (Å²) in [7, 11) is 0. The lowest BCUT2D eigenvalue weighted by Crippen LogP contribution is -2.35. The number of nitrogens with zero attached hydrogens (tertiary/aromatic N) is 2. The maximum absolute atomic E-state index is 12.8. The number of anilines is 1. The van der Waals surface area contributed by atoms with Gasteiger partial charge in [0, 0.05) is 6.42 Å². The second-order valence-electron chi connectivity index (χ2n) is 8.12. The zero-order chi connectivity index (χ0) is 22.7.